The second kappa shape index (κ2) is 10.6. The number of nitrogens with one attached hydrogen (secondary N) is 1. The van der Waals surface area contributed by atoms with E-state index in [-0.39, 0.29) is 23.6 Å². The van der Waals surface area contributed by atoms with Gasteiger partial charge in [0.2, 0.25) is 5.96 Å². The molecule has 0 amide bonds. The maximum atomic E-state index is 9.24. The van der Waals surface area contributed by atoms with Crippen molar-refractivity contribution in [1.29, 1.82) is 5.41 Å². The van der Waals surface area contributed by atoms with Crippen LogP contribution in [0.15, 0.2) is 160 Å². The zero-order valence-electron chi connectivity index (χ0n) is 28.3. The van der Waals surface area contributed by atoms with Crippen molar-refractivity contribution in [3.63, 3.8) is 0 Å². The fourth-order valence-corrected chi connectivity index (χ4v) is 5.70. The van der Waals surface area contributed by atoms with Crippen LogP contribution in [0.5, 0.6) is 0 Å². The molecule has 2 aromatic heterocycles. The highest BCUT2D eigenvalue weighted by molar-refractivity contribution is 6.18. The highest BCUT2D eigenvalue weighted by Crippen LogP contribution is 2.37. The molecule has 0 saturated carbocycles. The summed E-state index contributed by atoms with van der Waals surface area (Å²) in [6.07, 6.45) is 1.71. The zero-order chi connectivity index (χ0) is 33.8. The molecular formula is C39H26N4O. The molecule has 0 saturated heterocycles. The maximum absolute atomic E-state index is 9.24. The van der Waals surface area contributed by atoms with Crippen molar-refractivity contribution in [2.45, 2.75) is 0 Å². The van der Waals surface area contributed by atoms with Crippen LogP contribution in [0, 0.1) is 5.41 Å². The van der Waals surface area contributed by atoms with Gasteiger partial charge in [0, 0.05) is 33.3 Å². The first kappa shape index (κ1) is 20.8. The lowest BCUT2D eigenvalue weighted by molar-refractivity contribution is 0.669. The molecule has 0 fully saturated rings. The Morgan fingerprint density at radius 1 is 0.705 bits per heavy atom. The summed E-state index contributed by atoms with van der Waals surface area (Å²) >= 11 is 0. The lowest BCUT2D eigenvalue weighted by atomic mass is 9.99. The minimum absolute atomic E-state index is 0.00853. The number of para-hydroxylation sites is 2. The average molecular weight is 572 g/mol. The van der Waals surface area contributed by atoms with Crippen LogP contribution in [0.1, 0.15) is 18.0 Å². The molecule has 1 N–H and O–H groups in total. The number of nitrogens with zero attached hydrogens (tertiary/aromatic N) is 3. The summed E-state index contributed by atoms with van der Waals surface area (Å²) in [5.41, 5.74) is 4.77. The van der Waals surface area contributed by atoms with E-state index in [0.29, 0.717) is 38.9 Å². The van der Waals surface area contributed by atoms with Crippen molar-refractivity contribution < 1.29 is 11.3 Å². The number of amidine groups is 1. The van der Waals surface area contributed by atoms with E-state index >= 15 is 0 Å². The average Bonchev–Trinajstić information content (AvgIpc) is 3.68. The van der Waals surface area contributed by atoms with E-state index in [1.165, 1.54) is 0 Å². The Bertz CT molecular complexity index is 2610. The van der Waals surface area contributed by atoms with Gasteiger partial charge < -0.3 is 4.42 Å². The van der Waals surface area contributed by atoms with Crippen LogP contribution in [-0.4, -0.2) is 22.6 Å². The molecule has 0 unspecified atom stereocenters. The molecule has 5 heteroatoms. The third-order valence-corrected chi connectivity index (χ3v) is 7.66. The Morgan fingerprint density at radius 3 is 2.16 bits per heavy atom. The Hall–Kier alpha value is -6.07. The summed E-state index contributed by atoms with van der Waals surface area (Å²) in [7, 11) is 0. The van der Waals surface area contributed by atoms with Crippen LogP contribution >= 0.6 is 0 Å². The minimum Gasteiger partial charge on any atom is -0.456 e. The molecule has 2 heterocycles. The van der Waals surface area contributed by atoms with E-state index in [1.54, 1.807) is 30.5 Å². The van der Waals surface area contributed by atoms with Crippen LogP contribution < -0.4 is 0 Å². The van der Waals surface area contributed by atoms with Crippen molar-refractivity contribution in [1.82, 2.24) is 4.57 Å². The van der Waals surface area contributed by atoms with E-state index in [9.17, 15) is 5.41 Å². The summed E-state index contributed by atoms with van der Waals surface area (Å²) in [5, 5.41) is 12.6. The van der Waals surface area contributed by atoms with E-state index in [2.05, 4.69) is 0 Å². The van der Waals surface area contributed by atoms with Crippen LogP contribution in [0.2, 0.25) is 0 Å². The number of hydrogen-bond acceptors (Lipinski definition) is 2. The SMILES string of the molecule is [2H]c1c([2H])c([2H])c(-c2cccc3oc4cc(/C(N=Cc5ccccc5)=N/C(=N)n5c6ccccc6c6ccccc65)ccc4c23)c([2H])c1[2H]. The van der Waals surface area contributed by atoms with Gasteiger partial charge in [0.1, 0.15) is 11.2 Å². The summed E-state index contributed by atoms with van der Waals surface area (Å²) in [6.45, 7) is 0. The summed E-state index contributed by atoms with van der Waals surface area (Å²) < 4.78 is 49.8. The molecule has 6 aromatic carbocycles. The van der Waals surface area contributed by atoms with Crippen LogP contribution in [-0.2, 0) is 0 Å². The second-order valence-corrected chi connectivity index (χ2v) is 10.3. The van der Waals surface area contributed by atoms with E-state index in [0.717, 1.165) is 27.4 Å². The van der Waals surface area contributed by atoms with Crippen molar-refractivity contribution in [3.8, 4) is 11.1 Å². The monoisotopic (exact) mass is 571 g/mol. The predicted octanol–water partition coefficient (Wildman–Crippen LogP) is 9.71. The molecule has 208 valence electrons. The third kappa shape index (κ3) is 4.39. The number of furan rings is 1. The quantitative estimate of drug-likeness (QED) is 0.166. The molecule has 8 aromatic rings. The van der Waals surface area contributed by atoms with Gasteiger partial charge in [-0.15, -0.1) is 0 Å². The second-order valence-electron chi connectivity index (χ2n) is 10.3. The standard InChI is InChI=1S/C39H26N4O/c40-39(43-33-19-9-7-16-30(33)31-17-8-10-20-34(31)43)42-38(41-25-26-12-3-1-4-13-26)28-22-23-32-36(24-28)44-35-21-11-18-29(37(32)35)27-14-5-2-6-15-27/h1-25,40H/b40-39?,41-25?,42-38-/i2D,5D,6D,14D,15D. The van der Waals surface area contributed by atoms with E-state index in [4.69, 9.17) is 21.3 Å². The smallest absolute Gasteiger partial charge is 0.229 e. The summed E-state index contributed by atoms with van der Waals surface area (Å²) in [5.74, 6) is 0.287. The lowest BCUT2D eigenvalue weighted by Gasteiger charge is -2.07. The van der Waals surface area contributed by atoms with Gasteiger partial charge in [0.25, 0.3) is 0 Å². The Labute approximate surface area is 260 Å². The topological polar surface area (TPSA) is 66.6 Å². The first-order valence-corrected chi connectivity index (χ1v) is 14.1. The third-order valence-electron chi connectivity index (χ3n) is 7.66. The fourth-order valence-electron chi connectivity index (χ4n) is 5.70. The van der Waals surface area contributed by atoms with Gasteiger partial charge in [-0.25, -0.2) is 4.99 Å². The van der Waals surface area contributed by atoms with Gasteiger partial charge in [-0.05, 0) is 47.0 Å². The molecular weight excluding hydrogens is 540 g/mol. The van der Waals surface area contributed by atoms with Crippen molar-refractivity contribution >= 4 is 61.8 Å². The summed E-state index contributed by atoms with van der Waals surface area (Å²) in [6, 6.07) is 34.5. The van der Waals surface area contributed by atoms with Crippen molar-refractivity contribution in [2.75, 3.05) is 0 Å². The molecule has 0 radical (unpaired) electrons. The predicted molar refractivity (Wildman–Crippen MR) is 182 cm³/mol. The number of fused-ring (bicyclic) bond motifs is 6. The van der Waals surface area contributed by atoms with Crippen molar-refractivity contribution in [3.05, 3.63) is 157 Å². The molecule has 0 spiro atoms. The number of rotatable bonds is 3. The van der Waals surface area contributed by atoms with Gasteiger partial charge in [-0.2, -0.15) is 4.99 Å². The molecule has 0 bridgehead atoms. The molecule has 44 heavy (non-hydrogen) atoms. The lowest BCUT2D eigenvalue weighted by Crippen LogP contribution is -2.11. The molecule has 5 nitrogen and oxygen atoms in total. The highest BCUT2D eigenvalue weighted by Gasteiger charge is 2.17. The Morgan fingerprint density at radius 2 is 1.41 bits per heavy atom. The minimum atomic E-state index is -0.443. The first-order chi connectivity index (χ1) is 23.8. The number of hydrogen-bond donors (Lipinski definition) is 1. The van der Waals surface area contributed by atoms with Gasteiger partial charge >= 0.3 is 0 Å². The van der Waals surface area contributed by atoms with Crippen LogP contribution in [0.3, 0.4) is 0 Å². The number of aliphatic imine (C=N–C) groups is 2. The Kier molecular flexibility index (Phi) is 5.02. The van der Waals surface area contributed by atoms with Crippen LogP contribution in [0.4, 0.5) is 0 Å². The van der Waals surface area contributed by atoms with Crippen LogP contribution in [0.25, 0.3) is 54.9 Å². The maximum Gasteiger partial charge on any atom is 0.229 e. The highest BCUT2D eigenvalue weighted by atomic mass is 16.3. The number of benzene rings is 6. The van der Waals surface area contributed by atoms with Gasteiger partial charge in [-0.1, -0.05) is 115 Å². The Balaban J connectivity index is 1.31. The van der Waals surface area contributed by atoms with Crippen molar-refractivity contribution in [2.24, 2.45) is 9.98 Å². The van der Waals surface area contributed by atoms with Gasteiger partial charge in [-0.3, -0.25) is 9.98 Å². The first-order valence-electron chi connectivity index (χ1n) is 16.6. The zero-order valence-corrected chi connectivity index (χ0v) is 23.3. The molecule has 0 aliphatic carbocycles. The largest absolute Gasteiger partial charge is 0.456 e. The molecule has 0 atom stereocenters. The molecule has 0 aliphatic heterocycles. The number of aromatic nitrogens is 1. The fraction of sp³-hybridized carbons (Fsp3) is 0. The normalized spacial score (nSPS) is 13.8. The molecule has 8 rings (SSSR count). The van der Waals surface area contributed by atoms with E-state index < -0.39 is 18.1 Å². The van der Waals surface area contributed by atoms with Gasteiger partial charge in [0.15, 0.2) is 5.84 Å². The van der Waals surface area contributed by atoms with E-state index in [1.807, 2.05) is 95.6 Å². The van der Waals surface area contributed by atoms with Gasteiger partial charge in [0.05, 0.1) is 17.9 Å². The summed E-state index contributed by atoms with van der Waals surface area (Å²) in [4.78, 5) is 9.57. The molecule has 0 aliphatic rings.